The van der Waals surface area contributed by atoms with Crippen LogP contribution in [0.4, 0.5) is 0 Å². The Kier molecular flexibility index (Phi) is 3.05. The smallest absolute Gasteiger partial charge is 0.253 e. The van der Waals surface area contributed by atoms with Crippen molar-refractivity contribution in [2.24, 2.45) is 5.92 Å². The highest BCUT2D eigenvalue weighted by Gasteiger charge is 2.20. The molecule has 0 aliphatic carbocycles. The van der Waals surface area contributed by atoms with Gasteiger partial charge in [-0.15, -0.1) is 0 Å². The lowest BCUT2D eigenvalue weighted by Gasteiger charge is -2.30. The van der Waals surface area contributed by atoms with Gasteiger partial charge >= 0.3 is 0 Å². The van der Waals surface area contributed by atoms with E-state index in [1.54, 1.807) is 6.07 Å². The van der Waals surface area contributed by atoms with Gasteiger partial charge in [0.1, 0.15) is 0 Å². The zero-order chi connectivity index (χ0) is 10.7. The van der Waals surface area contributed by atoms with E-state index in [1.807, 2.05) is 23.1 Å². The van der Waals surface area contributed by atoms with E-state index in [1.165, 1.54) is 0 Å². The largest absolute Gasteiger partial charge is 0.339 e. The molecule has 1 saturated heterocycles. The van der Waals surface area contributed by atoms with Crippen molar-refractivity contribution in [3.05, 3.63) is 35.9 Å². The van der Waals surface area contributed by atoms with Gasteiger partial charge in [0.05, 0.1) is 0 Å². The Morgan fingerprint density at radius 3 is 2.80 bits per heavy atom. The minimum atomic E-state index is 0.152. The van der Waals surface area contributed by atoms with Crippen molar-refractivity contribution in [3.8, 4) is 0 Å². The van der Waals surface area contributed by atoms with Gasteiger partial charge in [0.15, 0.2) is 0 Å². The van der Waals surface area contributed by atoms with Crippen LogP contribution in [-0.2, 0) is 0 Å². The summed E-state index contributed by atoms with van der Waals surface area (Å²) in [4.78, 5) is 14.0. The molecule has 79 valence electrons. The van der Waals surface area contributed by atoms with Crippen molar-refractivity contribution in [1.82, 2.24) is 4.90 Å². The molecular formula is C13H16NO. The van der Waals surface area contributed by atoms with Crippen LogP contribution in [0.5, 0.6) is 0 Å². The third-order valence-electron chi connectivity index (χ3n) is 3.02. The van der Waals surface area contributed by atoms with Crippen molar-refractivity contribution in [2.75, 3.05) is 13.1 Å². The van der Waals surface area contributed by atoms with E-state index in [-0.39, 0.29) is 5.91 Å². The molecule has 1 aliphatic rings. The molecule has 1 aromatic carbocycles. The van der Waals surface area contributed by atoms with Gasteiger partial charge in [0.2, 0.25) is 0 Å². The Labute approximate surface area is 90.9 Å². The Bertz CT molecular complexity index is 326. The van der Waals surface area contributed by atoms with Crippen LogP contribution in [0.3, 0.4) is 0 Å². The first-order chi connectivity index (χ1) is 7.27. The lowest BCUT2D eigenvalue weighted by molar-refractivity contribution is 0.0697. The normalized spacial score (nSPS) is 17.8. The zero-order valence-corrected chi connectivity index (χ0v) is 9.07. The molecule has 1 heterocycles. The van der Waals surface area contributed by atoms with Crippen molar-refractivity contribution in [2.45, 2.75) is 19.8 Å². The molecule has 2 nitrogen and oxygen atoms in total. The number of hydrogen-bond acceptors (Lipinski definition) is 1. The highest BCUT2D eigenvalue weighted by molar-refractivity contribution is 5.94. The lowest BCUT2D eigenvalue weighted by Crippen LogP contribution is -2.37. The van der Waals surface area contributed by atoms with Crippen LogP contribution in [0.25, 0.3) is 0 Å². The van der Waals surface area contributed by atoms with Crippen LogP contribution in [0.1, 0.15) is 30.1 Å². The fraction of sp³-hybridized carbons (Fsp3) is 0.462. The first-order valence-corrected chi connectivity index (χ1v) is 5.53. The quantitative estimate of drug-likeness (QED) is 0.684. The van der Waals surface area contributed by atoms with E-state index in [2.05, 4.69) is 13.0 Å². The van der Waals surface area contributed by atoms with Crippen LogP contribution in [0.2, 0.25) is 0 Å². The summed E-state index contributed by atoms with van der Waals surface area (Å²) in [7, 11) is 0. The number of carbonyl (C=O) groups excluding carboxylic acids is 1. The van der Waals surface area contributed by atoms with E-state index in [9.17, 15) is 4.79 Å². The van der Waals surface area contributed by atoms with E-state index in [0.29, 0.717) is 0 Å². The number of carbonyl (C=O) groups is 1. The molecule has 2 heteroatoms. The second kappa shape index (κ2) is 4.47. The first-order valence-electron chi connectivity index (χ1n) is 5.53. The standard InChI is InChI=1S/C13H16NO/c1-11-7-9-14(10-8-11)13(15)12-5-3-2-4-6-12/h2-3,5-6,11H,7-10H2,1H3. The van der Waals surface area contributed by atoms with Gasteiger partial charge in [-0.1, -0.05) is 19.1 Å². The minimum absolute atomic E-state index is 0.152. The van der Waals surface area contributed by atoms with E-state index >= 15 is 0 Å². The molecule has 0 bridgehead atoms. The average Bonchev–Trinajstić information content (AvgIpc) is 2.30. The summed E-state index contributed by atoms with van der Waals surface area (Å²) >= 11 is 0. The average molecular weight is 202 g/mol. The maximum Gasteiger partial charge on any atom is 0.253 e. The maximum absolute atomic E-state index is 12.0. The third-order valence-corrected chi connectivity index (χ3v) is 3.02. The molecule has 0 saturated carbocycles. The Morgan fingerprint density at radius 1 is 1.47 bits per heavy atom. The predicted molar refractivity (Wildman–Crippen MR) is 59.6 cm³/mol. The minimum Gasteiger partial charge on any atom is -0.339 e. The van der Waals surface area contributed by atoms with Gasteiger partial charge in [-0.2, -0.15) is 0 Å². The molecule has 0 atom stereocenters. The van der Waals surface area contributed by atoms with E-state index in [4.69, 9.17) is 0 Å². The highest BCUT2D eigenvalue weighted by Crippen LogP contribution is 2.17. The number of benzene rings is 1. The molecule has 1 radical (unpaired) electrons. The lowest BCUT2D eigenvalue weighted by atomic mass is 9.98. The van der Waals surface area contributed by atoms with Crippen molar-refractivity contribution < 1.29 is 4.79 Å². The topological polar surface area (TPSA) is 20.3 Å². The van der Waals surface area contributed by atoms with Crippen molar-refractivity contribution >= 4 is 5.91 Å². The summed E-state index contributed by atoms with van der Waals surface area (Å²) in [5, 5.41) is 0. The van der Waals surface area contributed by atoms with Gasteiger partial charge < -0.3 is 4.90 Å². The molecular weight excluding hydrogens is 186 g/mol. The fourth-order valence-electron chi connectivity index (χ4n) is 1.92. The summed E-state index contributed by atoms with van der Waals surface area (Å²) in [5.41, 5.74) is 0.757. The molecule has 1 aliphatic heterocycles. The second-order valence-electron chi connectivity index (χ2n) is 4.27. The number of rotatable bonds is 1. The molecule has 0 unspecified atom stereocenters. The van der Waals surface area contributed by atoms with Crippen molar-refractivity contribution in [3.63, 3.8) is 0 Å². The molecule has 1 amide bonds. The van der Waals surface area contributed by atoms with Crippen LogP contribution < -0.4 is 0 Å². The van der Waals surface area contributed by atoms with Gasteiger partial charge in [0.25, 0.3) is 5.91 Å². The maximum atomic E-state index is 12.0. The van der Waals surface area contributed by atoms with E-state index in [0.717, 1.165) is 37.4 Å². The van der Waals surface area contributed by atoms with Gasteiger partial charge in [-0.05, 0) is 37.0 Å². The fourth-order valence-corrected chi connectivity index (χ4v) is 1.92. The summed E-state index contributed by atoms with van der Waals surface area (Å²) in [6.45, 7) is 4.04. The second-order valence-corrected chi connectivity index (χ2v) is 4.27. The number of hydrogen-bond donors (Lipinski definition) is 0. The first kappa shape index (κ1) is 10.2. The summed E-state index contributed by atoms with van der Waals surface area (Å²) in [6, 6.07) is 10.2. The van der Waals surface area contributed by atoms with Crippen LogP contribution in [0, 0.1) is 12.0 Å². The van der Waals surface area contributed by atoms with Gasteiger partial charge in [0, 0.05) is 18.7 Å². The summed E-state index contributed by atoms with van der Waals surface area (Å²) in [6.07, 6.45) is 2.25. The van der Waals surface area contributed by atoms with Crippen LogP contribution in [0.15, 0.2) is 24.3 Å². The van der Waals surface area contributed by atoms with Crippen LogP contribution >= 0.6 is 0 Å². The SMILES string of the molecule is CC1CCN(C(=O)c2c[c]ccc2)CC1. The van der Waals surface area contributed by atoms with Crippen LogP contribution in [-0.4, -0.2) is 23.9 Å². The Balaban J connectivity index is 2.03. The number of nitrogens with zero attached hydrogens (tertiary/aromatic N) is 1. The van der Waals surface area contributed by atoms with Gasteiger partial charge in [-0.25, -0.2) is 0 Å². The monoisotopic (exact) mass is 202 g/mol. The molecule has 0 aromatic heterocycles. The van der Waals surface area contributed by atoms with Crippen molar-refractivity contribution in [1.29, 1.82) is 0 Å². The molecule has 0 N–H and O–H groups in total. The molecule has 0 spiro atoms. The number of piperidine rings is 1. The Hall–Kier alpha value is -1.31. The molecule has 15 heavy (non-hydrogen) atoms. The third kappa shape index (κ3) is 2.38. The number of amides is 1. The molecule has 1 fully saturated rings. The summed E-state index contributed by atoms with van der Waals surface area (Å²) < 4.78 is 0. The molecule has 1 aromatic rings. The highest BCUT2D eigenvalue weighted by atomic mass is 16.2. The van der Waals surface area contributed by atoms with E-state index < -0.39 is 0 Å². The predicted octanol–water partition coefficient (Wildman–Crippen LogP) is 2.36. The Morgan fingerprint density at radius 2 is 2.20 bits per heavy atom. The molecule has 2 rings (SSSR count). The number of likely N-dealkylation sites (tertiary alicyclic amines) is 1. The zero-order valence-electron chi connectivity index (χ0n) is 9.07. The van der Waals surface area contributed by atoms with Gasteiger partial charge in [-0.3, -0.25) is 4.79 Å². The summed E-state index contributed by atoms with van der Waals surface area (Å²) in [5.74, 6) is 0.912.